The zero-order valence-corrected chi connectivity index (χ0v) is 10.3. The summed E-state index contributed by atoms with van der Waals surface area (Å²) in [5.74, 6) is -0.223. The van der Waals surface area contributed by atoms with Gasteiger partial charge in [0.25, 0.3) is 5.91 Å². The Morgan fingerprint density at radius 3 is 2.82 bits per heavy atom. The second-order valence-electron chi connectivity index (χ2n) is 3.64. The van der Waals surface area contributed by atoms with E-state index in [1.54, 1.807) is 6.92 Å². The molecule has 5 nitrogen and oxygen atoms in total. The molecule has 17 heavy (non-hydrogen) atoms. The number of hydrogen-bond acceptors (Lipinski definition) is 5. The molecule has 0 aliphatic rings. The van der Waals surface area contributed by atoms with Gasteiger partial charge in [-0.25, -0.2) is 0 Å². The fourth-order valence-electron chi connectivity index (χ4n) is 1.35. The third kappa shape index (κ3) is 2.79. The molecule has 1 amide bonds. The SMILES string of the molecule is Cc1cccc(NNC(=O)c2snnc2C)c1. The molecule has 0 radical (unpaired) electrons. The third-order valence-electron chi connectivity index (χ3n) is 2.20. The summed E-state index contributed by atoms with van der Waals surface area (Å²) in [6.07, 6.45) is 0. The molecule has 1 heterocycles. The molecule has 2 aromatic rings. The molecule has 0 aliphatic heterocycles. The topological polar surface area (TPSA) is 66.9 Å². The standard InChI is InChI=1S/C11H12N4OS/c1-7-4-3-5-9(6-7)13-14-11(16)10-8(2)12-15-17-10/h3-6,13H,1-2H3,(H,14,16). The van der Waals surface area contributed by atoms with Crippen LogP contribution in [-0.2, 0) is 0 Å². The zero-order chi connectivity index (χ0) is 12.3. The number of hydrazine groups is 1. The number of benzene rings is 1. The van der Waals surface area contributed by atoms with Gasteiger partial charge in [-0.05, 0) is 43.1 Å². The molecule has 0 fully saturated rings. The number of amides is 1. The molecular formula is C11H12N4OS. The van der Waals surface area contributed by atoms with Crippen molar-refractivity contribution in [1.82, 2.24) is 15.0 Å². The summed E-state index contributed by atoms with van der Waals surface area (Å²) in [4.78, 5) is 12.3. The van der Waals surface area contributed by atoms with Gasteiger partial charge in [0.2, 0.25) is 0 Å². The van der Waals surface area contributed by atoms with Gasteiger partial charge in [0, 0.05) is 0 Å². The van der Waals surface area contributed by atoms with E-state index in [1.807, 2.05) is 31.2 Å². The summed E-state index contributed by atoms with van der Waals surface area (Å²) in [7, 11) is 0. The Bertz CT molecular complexity index is 538. The van der Waals surface area contributed by atoms with Crippen LogP contribution in [0, 0.1) is 13.8 Å². The average molecular weight is 248 g/mol. The molecule has 0 saturated carbocycles. The van der Waals surface area contributed by atoms with Gasteiger partial charge in [0.1, 0.15) is 4.88 Å². The lowest BCUT2D eigenvalue weighted by Gasteiger charge is -2.07. The molecule has 88 valence electrons. The number of rotatable bonds is 3. The van der Waals surface area contributed by atoms with Crippen molar-refractivity contribution in [3.05, 3.63) is 40.4 Å². The van der Waals surface area contributed by atoms with Crippen molar-refractivity contribution in [3.63, 3.8) is 0 Å². The normalized spacial score (nSPS) is 10.0. The quantitative estimate of drug-likeness (QED) is 0.814. The number of hydrogen-bond donors (Lipinski definition) is 2. The zero-order valence-electron chi connectivity index (χ0n) is 9.52. The maximum atomic E-state index is 11.7. The Hall–Kier alpha value is -1.95. The summed E-state index contributed by atoms with van der Waals surface area (Å²) in [6.45, 7) is 3.75. The van der Waals surface area contributed by atoms with E-state index in [9.17, 15) is 4.79 Å². The van der Waals surface area contributed by atoms with Crippen LogP contribution >= 0.6 is 11.5 Å². The maximum Gasteiger partial charge on any atom is 0.283 e. The van der Waals surface area contributed by atoms with Crippen LogP contribution in [0.1, 0.15) is 20.9 Å². The van der Waals surface area contributed by atoms with Crippen LogP contribution in [0.25, 0.3) is 0 Å². The van der Waals surface area contributed by atoms with Crippen LogP contribution in [-0.4, -0.2) is 15.5 Å². The van der Waals surface area contributed by atoms with Gasteiger partial charge in [-0.2, -0.15) is 0 Å². The monoisotopic (exact) mass is 248 g/mol. The van der Waals surface area contributed by atoms with Crippen molar-refractivity contribution in [3.8, 4) is 0 Å². The molecule has 0 unspecified atom stereocenters. The number of nitrogens with one attached hydrogen (secondary N) is 2. The highest BCUT2D eigenvalue weighted by Gasteiger charge is 2.12. The van der Waals surface area contributed by atoms with E-state index in [0.717, 1.165) is 22.8 Å². The summed E-state index contributed by atoms with van der Waals surface area (Å²) in [5, 5.41) is 3.79. The van der Waals surface area contributed by atoms with Gasteiger partial charge in [0.15, 0.2) is 0 Å². The molecule has 0 atom stereocenters. The largest absolute Gasteiger partial charge is 0.298 e. The van der Waals surface area contributed by atoms with Crippen LogP contribution in [0.15, 0.2) is 24.3 Å². The predicted octanol–water partition coefficient (Wildman–Crippen LogP) is 1.91. The van der Waals surface area contributed by atoms with Crippen LogP contribution in [0.3, 0.4) is 0 Å². The Kier molecular flexibility index (Phi) is 3.34. The highest BCUT2D eigenvalue weighted by molar-refractivity contribution is 7.08. The summed E-state index contributed by atoms with van der Waals surface area (Å²) in [6, 6.07) is 7.73. The molecule has 1 aromatic heterocycles. The first-order chi connectivity index (χ1) is 8.16. The number of carbonyl (C=O) groups is 1. The minimum Gasteiger partial charge on any atom is -0.298 e. The van der Waals surface area contributed by atoms with E-state index in [-0.39, 0.29) is 5.91 Å². The van der Waals surface area contributed by atoms with Gasteiger partial charge in [-0.15, -0.1) is 5.10 Å². The first-order valence-corrected chi connectivity index (χ1v) is 5.86. The molecule has 0 saturated heterocycles. The van der Waals surface area contributed by atoms with Gasteiger partial charge >= 0.3 is 0 Å². The molecule has 2 N–H and O–H groups in total. The third-order valence-corrected chi connectivity index (χ3v) is 3.02. The van der Waals surface area contributed by atoms with Crippen LogP contribution in [0.5, 0.6) is 0 Å². The fourth-order valence-corrected chi connectivity index (χ4v) is 1.90. The number of nitrogens with zero attached hydrogens (tertiary/aromatic N) is 2. The lowest BCUT2D eigenvalue weighted by Crippen LogP contribution is -2.29. The molecule has 1 aromatic carbocycles. The molecule has 6 heteroatoms. The van der Waals surface area contributed by atoms with E-state index >= 15 is 0 Å². The Morgan fingerprint density at radius 1 is 1.35 bits per heavy atom. The highest BCUT2D eigenvalue weighted by Crippen LogP contribution is 2.10. The van der Waals surface area contributed by atoms with Gasteiger partial charge in [-0.3, -0.25) is 15.6 Å². The summed E-state index contributed by atoms with van der Waals surface area (Å²) < 4.78 is 3.71. The first-order valence-electron chi connectivity index (χ1n) is 5.09. The van der Waals surface area contributed by atoms with Crippen molar-refractivity contribution < 1.29 is 4.79 Å². The Labute approximate surface area is 103 Å². The van der Waals surface area contributed by atoms with Crippen molar-refractivity contribution in [1.29, 1.82) is 0 Å². The van der Waals surface area contributed by atoms with Crippen LogP contribution < -0.4 is 10.9 Å². The second-order valence-corrected chi connectivity index (χ2v) is 4.39. The smallest absolute Gasteiger partial charge is 0.283 e. The second kappa shape index (κ2) is 4.92. The lowest BCUT2D eigenvalue weighted by atomic mass is 10.2. The molecule has 2 rings (SSSR count). The minimum absolute atomic E-state index is 0.223. The summed E-state index contributed by atoms with van der Waals surface area (Å²) >= 11 is 1.08. The molecular weight excluding hydrogens is 236 g/mol. The van der Waals surface area contributed by atoms with E-state index in [4.69, 9.17) is 0 Å². The van der Waals surface area contributed by atoms with Gasteiger partial charge < -0.3 is 0 Å². The van der Waals surface area contributed by atoms with E-state index in [2.05, 4.69) is 20.4 Å². The number of carbonyl (C=O) groups excluding carboxylic acids is 1. The van der Waals surface area contributed by atoms with E-state index in [1.165, 1.54) is 0 Å². The molecule has 0 aliphatic carbocycles. The summed E-state index contributed by atoms with van der Waals surface area (Å²) in [5.41, 5.74) is 8.07. The van der Waals surface area contributed by atoms with E-state index in [0.29, 0.717) is 10.6 Å². The highest BCUT2D eigenvalue weighted by atomic mass is 32.1. The van der Waals surface area contributed by atoms with Gasteiger partial charge in [0.05, 0.1) is 11.4 Å². The maximum absolute atomic E-state index is 11.7. The average Bonchev–Trinajstić information content (AvgIpc) is 2.72. The van der Waals surface area contributed by atoms with Crippen molar-refractivity contribution in [2.24, 2.45) is 0 Å². The molecule has 0 bridgehead atoms. The fraction of sp³-hybridized carbons (Fsp3) is 0.182. The van der Waals surface area contributed by atoms with Crippen molar-refractivity contribution in [2.45, 2.75) is 13.8 Å². The number of aryl methyl sites for hydroxylation is 2. The van der Waals surface area contributed by atoms with Gasteiger partial charge in [-0.1, -0.05) is 16.6 Å². The number of anilines is 1. The number of aromatic nitrogens is 2. The lowest BCUT2D eigenvalue weighted by molar-refractivity contribution is 0.0966. The van der Waals surface area contributed by atoms with E-state index < -0.39 is 0 Å². The predicted molar refractivity (Wildman–Crippen MR) is 66.9 cm³/mol. The minimum atomic E-state index is -0.223. The van der Waals surface area contributed by atoms with Crippen molar-refractivity contribution >= 4 is 23.1 Å². The first kappa shape index (κ1) is 11.5. The van der Waals surface area contributed by atoms with Crippen LogP contribution in [0.4, 0.5) is 5.69 Å². The Balaban J connectivity index is 1.99. The van der Waals surface area contributed by atoms with Crippen LogP contribution in [0.2, 0.25) is 0 Å². The molecule has 0 spiro atoms. The van der Waals surface area contributed by atoms with Crippen molar-refractivity contribution in [2.75, 3.05) is 5.43 Å². The Morgan fingerprint density at radius 2 is 2.18 bits per heavy atom.